The van der Waals surface area contributed by atoms with Crippen molar-refractivity contribution in [2.45, 2.75) is 19.0 Å². The van der Waals surface area contributed by atoms with E-state index in [9.17, 15) is 8.42 Å². The van der Waals surface area contributed by atoms with Crippen LogP contribution in [0.1, 0.15) is 6.92 Å². The second kappa shape index (κ2) is 6.24. The quantitative estimate of drug-likeness (QED) is 0.819. The number of hydrogen-bond donors (Lipinski definition) is 0. The second-order valence-electron chi connectivity index (χ2n) is 5.47. The van der Waals surface area contributed by atoms with Crippen LogP contribution in [-0.4, -0.2) is 57.1 Å². The molecule has 0 amide bonds. The van der Waals surface area contributed by atoms with Crippen molar-refractivity contribution in [1.82, 2.24) is 0 Å². The first kappa shape index (κ1) is 16.4. The molecule has 2 heterocycles. The van der Waals surface area contributed by atoms with Crippen LogP contribution >= 0.6 is 11.8 Å². The van der Waals surface area contributed by atoms with Gasteiger partial charge in [0.1, 0.15) is 0 Å². The first-order valence-electron chi connectivity index (χ1n) is 7.41. The molecule has 8 heteroatoms. The summed E-state index contributed by atoms with van der Waals surface area (Å²) in [5, 5.41) is 0.879. The fourth-order valence-corrected chi connectivity index (χ4v) is 5.73. The number of rotatable bonds is 4. The van der Waals surface area contributed by atoms with Gasteiger partial charge in [-0.2, -0.15) is 0 Å². The van der Waals surface area contributed by atoms with Gasteiger partial charge in [0, 0.05) is 11.8 Å². The Morgan fingerprint density at radius 2 is 2.00 bits per heavy atom. The number of amidine groups is 1. The van der Waals surface area contributed by atoms with E-state index in [-0.39, 0.29) is 23.6 Å². The molecule has 2 atom stereocenters. The zero-order chi connectivity index (χ0) is 16.6. The first-order chi connectivity index (χ1) is 11.0. The van der Waals surface area contributed by atoms with Gasteiger partial charge in [-0.15, -0.1) is 0 Å². The van der Waals surface area contributed by atoms with Crippen LogP contribution in [0.4, 0.5) is 5.69 Å². The second-order valence-corrected chi connectivity index (χ2v) is 8.85. The number of thioether (sulfide) groups is 1. The standard InChI is InChI=1S/C15H20N2O4S2/c1-4-22-15-16-11-8-23(18,19)9-12(11)17(15)10-5-6-13(20-2)14(7-10)21-3/h5-7,11-12H,4,8-9H2,1-3H3/t11-,12-/m0/s1. The number of aliphatic imine (C=N–C) groups is 1. The van der Waals surface area contributed by atoms with Gasteiger partial charge in [-0.05, 0) is 17.9 Å². The number of ether oxygens (including phenoxy) is 2. The van der Waals surface area contributed by atoms with Crippen LogP contribution in [0.15, 0.2) is 23.2 Å². The van der Waals surface area contributed by atoms with Crippen LogP contribution in [0.2, 0.25) is 0 Å². The summed E-state index contributed by atoms with van der Waals surface area (Å²) in [6.45, 7) is 2.06. The lowest BCUT2D eigenvalue weighted by atomic mass is 10.1. The number of fused-ring (bicyclic) bond motifs is 1. The molecule has 23 heavy (non-hydrogen) atoms. The van der Waals surface area contributed by atoms with E-state index >= 15 is 0 Å². The van der Waals surface area contributed by atoms with Gasteiger partial charge in [0.25, 0.3) is 0 Å². The Kier molecular flexibility index (Phi) is 4.46. The van der Waals surface area contributed by atoms with E-state index in [2.05, 4.69) is 11.9 Å². The van der Waals surface area contributed by atoms with E-state index in [4.69, 9.17) is 9.47 Å². The summed E-state index contributed by atoms with van der Waals surface area (Å²) >= 11 is 1.63. The molecule has 0 radical (unpaired) electrons. The molecular formula is C15H20N2O4S2. The molecule has 0 spiro atoms. The predicted octanol–water partition coefficient (Wildman–Crippen LogP) is 1.80. The lowest BCUT2D eigenvalue weighted by molar-refractivity contribution is 0.355. The molecule has 2 aliphatic rings. The van der Waals surface area contributed by atoms with Crippen LogP contribution in [0.25, 0.3) is 0 Å². The minimum absolute atomic E-state index is 0.132. The fraction of sp³-hybridized carbons (Fsp3) is 0.533. The van der Waals surface area contributed by atoms with Gasteiger partial charge >= 0.3 is 0 Å². The number of anilines is 1. The molecule has 1 aromatic carbocycles. The van der Waals surface area contributed by atoms with Crippen molar-refractivity contribution in [3.63, 3.8) is 0 Å². The number of nitrogens with zero attached hydrogens (tertiary/aromatic N) is 2. The van der Waals surface area contributed by atoms with Crippen molar-refractivity contribution in [3.05, 3.63) is 18.2 Å². The monoisotopic (exact) mass is 356 g/mol. The molecule has 1 fully saturated rings. The molecule has 0 saturated carbocycles. The van der Waals surface area contributed by atoms with Crippen molar-refractivity contribution in [2.75, 3.05) is 36.4 Å². The van der Waals surface area contributed by atoms with Gasteiger partial charge < -0.3 is 14.4 Å². The van der Waals surface area contributed by atoms with Crippen LogP contribution in [-0.2, 0) is 9.84 Å². The molecule has 2 aliphatic heterocycles. The van der Waals surface area contributed by atoms with Crippen molar-refractivity contribution < 1.29 is 17.9 Å². The maximum absolute atomic E-state index is 12.0. The Bertz CT molecular complexity index is 733. The molecule has 0 N–H and O–H groups in total. The first-order valence-corrected chi connectivity index (χ1v) is 10.2. The van der Waals surface area contributed by atoms with Gasteiger partial charge in [-0.25, -0.2) is 8.42 Å². The lowest BCUT2D eigenvalue weighted by Crippen LogP contribution is -2.39. The van der Waals surface area contributed by atoms with Crippen LogP contribution in [0.5, 0.6) is 11.5 Å². The zero-order valence-electron chi connectivity index (χ0n) is 13.4. The third kappa shape index (κ3) is 3.01. The Labute approximate surface area is 140 Å². The average molecular weight is 356 g/mol. The number of methoxy groups -OCH3 is 2. The lowest BCUT2D eigenvalue weighted by Gasteiger charge is -2.27. The van der Waals surface area contributed by atoms with Crippen molar-refractivity contribution in [2.24, 2.45) is 4.99 Å². The molecule has 0 aromatic heterocycles. The van der Waals surface area contributed by atoms with Crippen LogP contribution in [0.3, 0.4) is 0 Å². The minimum atomic E-state index is -3.03. The third-order valence-electron chi connectivity index (χ3n) is 4.03. The van der Waals surface area contributed by atoms with E-state index in [0.29, 0.717) is 11.5 Å². The van der Waals surface area contributed by atoms with Crippen molar-refractivity contribution >= 4 is 32.5 Å². The molecule has 1 saturated heterocycles. The Balaban J connectivity index is 2.00. The summed E-state index contributed by atoms with van der Waals surface area (Å²) in [7, 11) is 0.150. The molecule has 126 valence electrons. The predicted molar refractivity (Wildman–Crippen MR) is 93.8 cm³/mol. The maximum Gasteiger partial charge on any atom is 0.164 e. The Morgan fingerprint density at radius 1 is 1.26 bits per heavy atom. The third-order valence-corrected chi connectivity index (χ3v) is 6.57. The molecule has 1 aromatic rings. The van der Waals surface area contributed by atoms with Gasteiger partial charge in [0.2, 0.25) is 0 Å². The minimum Gasteiger partial charge on any atom is -0.493 e. The van der Waals surface area contributed by atoms with Gasteiger partial charge in [-0.3, -0.25) is 4.99 Å². The molecule has 0 unspecified atom stereocenters. The van der Waals surface area contributed by atoms with E-state index < -0.39 is 9.84 Å². The van der Waals surface area contributed by atoms with E-state index in [1.54, 1.807) is 26.0 Å². The number of benzene rings is 1. The summed E-state index contributed by atoms with van der Waals surface area (Å²) in [5.41, 5.74) is 0.881. The highest BCUT2D eigenvalue weighted by atomic mass is 32.2. The summed E-state index contributed by atoms with van der Waals surface area (Å²) in [4.78, 5) is 6.68. The average Bonchev–Trinajstić information content (AvgIpc) is 2.98. The molecule has 6 nitrogen and oxygen atoms in total. The zero-order valence-corrected chi connectivity index (χ0v) is 15.0. The molecular weight excluding hydrogens is 336 g/mol. The molecule has 3 rings (SSSR count). The normalized spacial score (nSPS) is 25.2. The molecule has 0 aliphatic carbocycles. The van der Waals surface area contributed by atoms with E-state index in [1.807, 2.05) is 23.1 Å². The Morgan fingerprint density at radius 3 is 2.65 bits per heavy atom. The van der Waals surface area contributed by atoms with Gasteiger partial charge in [0.15, 0.2) is 26.5 Å². The van der Waals surface area contributed by atoms with Gasteiger partial charge in [-0.1, -0.05) is 18.7 Å². The largest absolute Gasteiger partial charge is 0.493 e. The highest BCUT2D eigenvalue weighted by Crippen LogP contribution is 2.38. The molecule has 0 bridgehead atoms. The van der Waals surface area contributed by atoms with Crippen LogP contribution in [0, 0.1) is 0 Å². The smallest absolute Gasteiger partial charge is 0.164 e. The SMILES string of the molecule is CCSC1=N[C@H]2CS(=O)(=O)C[C@@H]2N1c1ccc(OC)c(OC)c1. The fourth-order valence-electron chi connectivity index (χ4n) is 3.04. The van der Waals surface area contributed by atoms with Crippen LogP contribution < -0.4 is 14.4 Å². The number of hydrogen-bond acceptors (Lipinski definition) is 7. The van der Waals surface area contributed by atoms with E-state index in [1.165, 1.54) is 0 Å². The van der Waals surface area contributed by atoms with Crippen molar-refractivity contribution in [3.8, 4) is 11.5 Å². The summed E-state index contributed by atoms with van der Waals surface area (Å²) < 4.78 is 34.6. The van der Waals surface area contributed by atoms with Crippen molar-refractivity contribution in [1.29, 1.82) is 0 Å². The highest BCUT2D eigenvalue weighted by molar-refractivity contribution is 8.14. The summed E-state index contributed by atoms with van der Waals surface area (Å²) in [6.07, 6.45) is 0. The van der Waals surface area contributed by atoms with Gasteiger partial charge in [0.05, 0.1) is 37.8 Å². The van der Waals surface area contributed by atoms with E-state index in [0.717, 1.165) is 16.6 Å². The Hall–Kier alpha value is -1.41. The maximum atomic E-state index is 12.0. The summed E-state index contributed by atoms with van der Waals surface area (Å²) in [5.74, 6) is 2.43. The number of sulfone groups is 1. The highest BCUT2D eigenvalue weighted by Gasteiger charge is 2.47. The summed E-state index contributed by atoms with van der Waals surface area (Å²) in [6, 6.07) is 5.31. The topological polar surface area (TPSA) is 68.2 Å².